The molecule has 100 valence electrons. The van der Waals surface area contributed by atoms with Crippen molar-refractivity contribution in [2.75, 3.05) is 18.5 Å². The molecule has 2 nitrogen and oxygen atoms in total. The van der Waals surface area contributed by atoms with E-state index in [9.17, 15) is 0 Å². The fourth-order valence-corrected chi connectivity index (χ4v) is 3.08. The smallest absolute Gasteiger partial charge is 0.0546 e. The number of nitrogens with two attached hydrogens (primary N) is 1. The molecule has 2 rings (SSSR count). The van der Waals surface area contributed by atoms with Crippen molar-refractivity contribution in [3.05, 3.63) is 29.8 Å². The minimum atomic E-state index is 0.160. The first-order valence-electron chi connectivity index (χ1n) is 7.20. The average molecular weight is 246 g/mol. The zero-order valence-corrected chi connectivity index (χ0v) is 11.9. The van der Waals surface area contributed by atoms with E-state index in [2.05, 4.69) is 50.1 Å². The molecule has 1 unspecified atom stereocenters. The van der Waals surface area contributed by atoms with Gasteiger partial charge < -0.3 is 10.6 Å². The van der Waals surface area contributed by atoms with E-state index in [-0.39, 0.29) is 5.54 Å². The summed E-state index contributed by atoms with van der Waals surface area (Å²) in [6.45, 7) is 5.21. The third kappa shape index (κ3) is 2.26. The van der Waals surface area contributed by atoms with Crippen molar-refractivity contribution in [2.24, 2.45) is 11.7 Å². The van der Waals surface area contributed by atoms with E-state index < -0.39 is 0 Å². The van der Waals surface area contributed by atoms with Gasteiger partial charge in [-0.25, -0.2) is 0 Å². The quantitative estimate of drug-likeness (QED) is 0.835. The van der Waals surface area contributed by atoms with E-state index in [4.69, 9.17) is 5.73 Å². The highest BCUT2D eigenvalue weighted by Gasteiger charge is 2.45. The van der Waals surface area contributed by atoms with Crippen molar-refractivity contribution in [1.82, 2.24) is 0 Å². The molecule has 1 atom stereocenters. The molecule has 2 heteroatoms. The molecule has 1 saturated carbocycles. The first-order valence-corrected chi connectivity index (χ1v) is 7.20. The largest absolute Gasteiger partial charge is 0.367 e. The summed E-state index contributed by atoms with van der Waals surface area (Å²) in [6, 6.07) is 8.94. The van der Waals surface area contributed by atoms with Crippen LogP contribution in [0.5, 0.6) is 0 Å². The second kappa shape index (κ2) is 5.31. The van der Waals surface area contributed by atoms with E-state index in [0.29, 0.717) is 0 Å². The number of rotatable bonds is 6. The highest BCUT2D eigenvalue weighted by atomic mass is 15.2. The number of nitrogens with zero attached hydrogens (tertiary/aromatic N) is 1. The summed E-state index contributed by atoms with van der Waals surface area (Å²) >= 11 is 0. The molecular formula is C16H26N2. The van der Waals surface area contributed by atoms with Crippen LogP contribution in [0.1, 0.15) is 38.7 Å². The van der Waals surface area contributed by atoms with Crippen LogP contribution in [-0.2, 0) is 6.42 Å². The first kappa shape index (κ1) is 13.4. The van der Waals surface area contributed by atoms with Crippen molar-refractivity contribution in [1.29, 1.82) is 0 Å². The molecule has 0 aromatic heterocycles. The predicted molar refractivity (Wildman–Crippen MR) is 79.0 cm³/mol. The maximum Gasteiger partial charge on any atom is 0.0546 e. The summed E-state index contributed by atoms with van der Waals surface area (Å²) in [5.74, 6) is 0.781. The number of likely N-dealkylation sites (N-methyl/N-ethyl adjacent to an activating group) is 1. The summed E-state index contributed by atoms with van der Waals surface area (Å²) in [7, 11) is 2.20. The summed E-state index contributed by atoms with van der Waals surface area (Å²) in [4.78, 5) is 2.42. The molecule has 1 aromatic rings. The van der Waals surface area contributed by atoms with E-state index >= 15 is 0 Å². The van der Waals surface area contributed by atoms with Gasteiger partial charge in [-0.1, -0.05) is 26.0 Å². The van der Waals surface area contributed by atoms with E-state index in [1.54, 1.807) is 0 Å². The van der Waals surface area contributed by atoms with Gasteiger partial charge in [-0.05, 0) is 49.3 Å². The predicted octanol–water partition coefficient (Wildman–Crippen LogP) is 3.20. The van der Waals surface area contributed by atoms with E-state index in [1.165, 1.54) is 24.1 Å². The van der Waals surface area contributed by atoms with E-state index in [0.717, 1.165) is 25.3 Å². The molecule has 1 aliphatic rings. The molecule has 0 radical (unpaired) electrons. The fourth-order valence-electron chi connectivity index (χ4n) is 3.08. The van der Waals surface area contributed by atoms with Crippen molar-refractivity contribution >= 4 is 5.69 Å². The van der Waals surface area contributed by atoms with Crippen molar-refractivity contribution in [2.45, 2.75) is 45.1 Å². The Morgan fingerprint density at radius 2 is 1.83 bits per heavy atom. The topological polar surface area (TPSA) is 29.3 Å². The second-order valence-electron chi connectivity index (χ2n) is 5.51. The lowest BCUT2D eigenvalue weighted by atomic mass is 9.87. The highest BCUT2D eigenvalue weighted by molar-refractivity contribution is 5.50. The Morgan fingerprint density at radius 1 is 1.22 bits per heavy atom. The maximum atomic E-state index is 6.11. The van der Waals surface area contributed by atoms with Crippen LogP contribution in [-0.4, -0.2) is 19.1 Å². The van der Waals surface area contributed by atoms with Gasteiger partial charge in [0.2, 0.25) is 0 Å². The van der Waals surface area contributed by atoms with Gasteiger partial charge in [0.25, 0.3) is 0 Å². The molecule has 0 aliphatic heterocycles. The number of anilines is 1. The third-order valence-corrected chi connectivity index (χ3v) is 4.70. The van der Waals surface area contributed by atoms with Gasteiger partial charge in [0.15, 0.2) is 0 Å². The molecule has 1 aliphatic carbocycles. The minimum Gasteiger partial charge on any atom is -0.367 e. The summed E-state index contributed by atoms with van der Waals surface area (Å²) in [5, 5.41) is 0. The van der Waals surface area contributed by atoms with Crippen molar-refractivity contribution < 1.29 is 0 Å². The zero-order valence-electron chi connectivity index (χ0n) is 11.9. The standard InChI is InChI=1S/C16H26N2/c1-4-13-6-10-15(11-7-13)18(3)16(5-2,12-17)14-8-9-14/h6-7,10-11,14H,4-5,8-9,12,17H2,1-3H3. The number of aryl methyl sites for hydroxylation is 1. The highest BCUT2D eigenvalue weighted by Crippen LogP contribution is 2.45. The van der Waals surface area contributed by atoms with Crippen molar-refractivity contribution in [3.63, 3.8) is 0 Å². The Balaban J connectivity index is 2.24. The SMILES string of the molecule is CCc1ccc(N(C)C(CC)(CN)C2CC2)cc1. The second-order valence-corrected chi connectivity index (χ2v) is 5.51. The van der Waals surface area contributed by atoms with Crippen LogP contribution < -0.4 is 10.6 Å². The fraction of sp³-hybridized carbons (Fsp3) is 0.625. The van der Waals surface area contributed by atoms with Crippen LogP contribution in [0.4, 0.5) is 5.69 Å². The van der Waals surface area contributed by atoms with Gasteiger partial charge in [0.1, 0.15) is 0 Å². The Hall–Kier alpha value is -1.02. The summed E-state index contributed by atoms with van der Waals surface area (Å²) in [5.41, 5.74) is 8.97. The number of benzene rings is 1. The normalized spacial score (nSPS) is 18.4. The number of hydrogen-bond acceptors (Lipinski definition) is 2. The molecule has 0 saturated heterocycles. The van der Waals surface area contributed by atoms with Crippen LogP contribution in [0.3, 0.4) is 0 Å². The maximum absolute atomic E-state index is 6.11. The average Bonchev–Trinajstić information content (AvgIpc) is 3.26. The lowest BCUT2D eigenvalue weighted by molar-refractivity contribution is 0.349. The van der Waals surface area contributed by atoms with Gasteiger partial charge in [-0.15, -0.1) is 0 Å². The van der Waals surface area contributed by atoms with Crippen LogP contribution in [0.2, 0.25) is 0 Å². The van der Waals surface area contributed by atoms with Crippen LogP contribution in [0.15, 0.2) is 24.3 Å². The zero-order chi connectivity index (χ0) is 13.2. The minimum absolute atomic E-state index is 0.160. The van der Waals surface area contributed by atoms with Gasteiger partial charge in [0, 0.05) is 19.3 Å². The monoisotopic (exact) mass is 246 g/mol. The van der Waals surface area contributed by atoms with Gasteiger partial charge >= 0.3 is 0 Å². The van der Waals surface area contributed by atoms with Gasteiger partial charge in [-0.3, -0.25) is 0 Å². The lowest BCUT2D eigenvalue weighted by Crippen LogP contribution is -2.54. The summed E-state index contributed by atoms with van der Waals surface area (Å²) in [6.07, 6.45) is 4.90. The summed E-state index contributed by atoms with van der Waals surface area (Å²) < 4.78 is 0. The van der Waals surface area contributed by atoms with Crippen LogP contribution in [0.25, 0.3) is 0 Å². The molecule has 1 aromatic carbocycles. The lowest BCUT2D eigenvalue weighted by Gasteiger charge is -2.43. The molecule has 0 bridgehead atoms. The molecule has 0 heterocycles. The van der Waals surface area contributed by atoms with Crippen LogP contribution >= 0.6 is 0 Å². The van der Waals surface area contributed by atoms with Gasteiger partial charge in [0.05, 0.1) is 5.54 Å². The van der Waals surface area contributed by atoms with Crippen molar-refractivity contribution in [3.8, 4) is 0 Å². The molecule has 2 N–H and O–H groups in total. The Kier molecular flexibility index (Phi) is 3.96. The Labute approximate surface area is 111 Å². The molecular weight excluding hydrogens is 220 g/mol. The van der Waals surface area contributed by atoms with E-state index in [1.807, 2.05) is 0 Å². The molecule has 1 fully saturated rings. The van der Waals surface area contributed by atoms with Gasteiger partial charge in [-0.2, -0.15) is 0 Å². The number of hydrogen-bond donors (Lipinski definition) is 1. The Morgan fingerprint density at radius 3 is 2.22 bits per heavy atom. The molecule has 0 spiro atoms. The van der Waals surface area contributed by atoms with Crippen LogP contribution in [0, 0.1) is 5.92 Å². The first-order chi connectivity index (χ1) is 8.67. The molecule has 18 heavy (non-hydrogen) atoms. The molecule has 0 amide bonds. The third-order valence-electron chi connectivity index (χ3n) is 4.70. The Bertz CT molecular complexity index is 375.